The van der Waals surface area contributed by atoms with Crippen LogP contribution >= 0.6 is 24.8 Å². The van der Waals surface area contributed by atoms with E-state index < -0.39 is 23.5 Å². The van der Waals surface area contributed by atoms with Crippen LogP contribution in [-0.4, -0.2) is 31.1 Å². The maximum absolute atomic E-state index is 13.8. The summed E-state index contributed by atoms with van der Waals surface area (Å²) in [4.78, 5) is 1.81. The van der Waals surface area contributed by atoms with Crippen molar-refractivity contribution in [3.8, 4) is 6.07 Å². The van der Waals surface area contributed by atoms with E-state index in [1.54, 1.807) is 4.90 Å². The SMILES string of the molecule is Cl.Cl.N#CC[C@H](c1c(F)ccc(F)c1F)N1CCNCC1. The minimum absolute atomic E-state index is 0. The molecule has 1 atom stereocenters. The number of hydrogen-bond donors (Lipinski definition) is 1. The maximum Gasteiger partial charge on any atom is 0.166 e. The Morgan fingerprint density at radius 2 is 1.71 bits per heavy atom. The fraction of sp³-hybridized carbons (Fsp3) is 0.462. The molecule has 8 heteroatoms. The lowest BCUT2D eigenvalue weighted by atomic mass is 10.00. The van der Waals surface area contributed by atoms with Crippen molar-refractivity contribution < 1.29 is 13.2 Å². The van der Waals surface area contributed by atoms with Crippen molar-refractivity contribution in [3.05, 3.63) is 35.1 Å². The van der Waals surface area contributed by atoms with Gasteiger partial charge in [-0.25, -0.2) is 13.2 Å². The van der Waals surface area contributed by atoms with E-state index in [0.29, 0.717) is 26.2 Å². The van der Waals surface area contributed by atoms with Crippen molar-refractivity contribution in [1.82, 2.24) is 10.2 Å². The largest absolute Gasteiger partial charge is 0.314 e. The second kappa shape index (κ2) is 9.11. The van der Waals surface area contributed by atoms with Crippen molar-refractivity contribution in [2.75, 3.05) is 26.2 Å². The lowest BCUT2D eigenvalue weighted by Gasteiger charge is -2.34. The van der Waals surface area contributed by atoms with Crippen molar-refractivity contribution in [3.63, 3.8) is 0 Å². The molecule has 0 radical (unpaired) electrons. The standard InChI is InChI=1S/C13H14F3N3.2ClH/c14-9-1-2-10(15)13(16)12(9)11(3-4-17)19-7-5-18-6-8-19;;/h1-2,11,18H,3,5-8H2;2*1H/t11-;;/m1../s1. The third-order valence-corrected chi connectivity index (χ3v) is 3.29. The minimum Gasteiger partial charge on any atom is -0.314 e. The van der Waals surface area contributed by atoms with Crippen LogP contribution in [0.5, 0.6) is 0 Å². The monoisotopic (exact) mass is 341 g/mol. The summed E-state index contributed by atoms with van der Waals surface area (Å²) < 4.78 is 40.9. The fourth-order valence-electron chi connectivity index (χ4n) is 2.34. The zero-order chi connectivity index (χ0) is 13.8. The average molecular weight is 342 g/mol. The van der Waals surface area contributed by atoms with Crippen molar-refractivity contribution in [2.45, 2.75) is 12.5 Å². The molecule has 0 bridgehead atoms. The summed E-state index contributed by atoms with van der Waals surface area (Å²) in [7, 11) is 0. The van der Waals surface area contributed by atoms with Gasteiger partial charge in [-0.15, -0.1) is 24.8 Å². The Bertz CT molecular complexity index is 502. The predicted molar refractivity (Wildman–Crippen MR) is 78.2 cm³/mol. The number of benzene rings is 1. The van der Waals surface area contributed by atoms with Gasteiger partial charge >= 0.3 is 0 Å². The molecule has 0 unspecified atom stereocenters. The summed E-state index contributed by atoms with van der Waals surface area (Å²) >= 11 is 0. The zero-order valence-electron chi connectivity index (χ0n) is 11.1. The lowest BCUT2D eigenvalue weighted by Crippen LogP contribution is -2.45. The molecule has 21 heavy (non-hydrogen) atoms. The van der Waals surface area contributed by atoms with Gasteiger partial charge in [-0.1, -0.05) is 0 Å². The lowest BCUT2D eigenvalue weighted by molar-refractivity contribution is 0.168. The summed E-state index contributed by atoms with van der Waals surface area (Å²) in [5.74, 6) is -3.09. The minimum atomic E-state index is -1.20. The van der Waals surface area contributed by atoms with Gasteiger partial charge in [-0.2, -0.15) is 5.26 Å². The van der Waals surface area contributed by atoms with Gasteiger partial charge in [-0.05, 0) is 12.1 Å². The zero-order valence-corrected chi connectivity index (χ0v) is 12.7. The smallest absolute Gasteiger partial charge is 0.166 e. The van der Waals surface area contributed by atoms with Gasteiger partial charge in [0.05, 0.1) is 18.5 Å². The fourth-order valence-corrected chi connectivity index (χ4v) is 2.34. The quantitative estimate of drug-likeness (QED) is 0.859. The van der Waals surface area contributed by atoms with Crippen LogP contribution in [0.15, 0.2) is 12.1 Å². The summed E-state index contributed by atoms with van der Waals surface area (Å²) in [5.41, 5.74) is -0.344. The Balaban J connectivity index is 0.00000200. The molecular weight excluding hydrogens is 326 g/mol. The second-order valence-electron chi connectivity index (χ2n) is 4.42. The van der Waals surface area contributed by atoms with E-state index in [0.717, 1.165) is 12.1 Å². The van der Waals surface area contributed by atoms with Gasteiger partial charge in [-0.3, -0.25) is 4.90 Å². The highest BCUT2D eigenvalue weighted by Gasteiger charge is 2.28. The predicted octanol–water partition coefficient (Wildman–Crippen LogP) is 2.81. The van der Waals surface area contributed by atoms with Crippen LogP contribution in [0.1, 0.15) is 18.0 Å². The van der Waals surface area contributed by atoms with E-state index in [2.05, 4.69) is 5.32 Å². The van der Waals surface area contributed by atoms with Crippen LogP contribution in [0.25, 0.3) is 0 Å². The molecule has 1 N–H and O–H groups in total. The number of nitrogens with one attached hydrogen (secondary N) is 1. The van der Waals surface area contributed by atoms with Crippen LogP contribution in [-0.2, 0) is 0 Å². The Morgan fingerprint density at radius 3 is 2.29 bits per heavy atom. The molecule has 118 valence electrons. The first-order valence-electron chi connectivity index (χ1n) is 6.10. The molecule has 0 amide bonds. The van der Waals surface area contributed by atoms with E-state index >= 15 is 0 Å². The molecule has 0 saturated carbocycles. The number of halogens is 5. The number of rotatable bonds is 3. The van der Waals surface area contributed by atoms with Gasteiger partial charge in [0.25, 0.3) is 0 Å². The van der Waals surface area contributed by atoms with Gasteiger partial charge < -0.3 is 5.32 Å². The molecule has 2 rings (SSSR count). The Labute approximate surface area is 133 Å². The number of piperazine rings is 1. The van der Waals surface area contributed by atoms with E-state index in [9.17, 15) is 13.2 Å². The number of hydrogen-bond acceptors (Lipinski definition) is 3. The highest BCUT2D eigenvalue weighted by Crippen LogP contribution is 2.30. The normalized spacial score (nSPS) is 16.3. The molecule has 1 aromatic carbocycles. The van der Waals surface area contributed by atoms with Gasteiger partial charge in [0, 0.05) is 31.7 Å². The van der Waals surface area contributed by atoms with Gasteiger partial charge in [0.1, 0.15) is 5.82 Å². The van der Waals surface area contributed by atoms with Crippen LogP contribution < -0.4 is 5.32 Å². The Kier molecular flexibility index (Phi) is 8.67. The van der Waals surface area contributed by atoms with Gasteiger partial charge in [0.2, 0.25) is 0 Å². The van der Waals surface area contributed by atoms with Crippen LogP contribution in [0.4, 0.5) is 13.2 Å². The second-order valence-corrected chi connectivity index (χ2v) is 4.42. The van der Waals surface area contributed by atoms with Crippen molar-refractivity contribution in [1.29, 1.82) is 5.26 Å². The van der Waals surface area contributed by atoms with Crippen LogP contribution in [0, 0.1) is 28.8 Å². The number of nitriles is 1. The number of nitrogens with zero attached hydrogens (tertiary/aromatic N) is 2. The summed E-state index contributed by atoms with van der Waals surface area (Å²) in [6.45, 7) is 2.50. The van der Waals surface area contributed by atoms with Gasteiger partial charge in [0.15, 0.2) is 11.6 Å². The third kappa shape index (κ3) is 4.48. The third-order valence-electron chi connectivity index (χ3n) is 3.29. The maximum atomic E-state index is 13.8. The first kappa shape index (κ1) is 20.0. The van der Waals surface area contributed by atoms with Crippen LogP contribution in [0.3, 0.4) is 0 Å². The topological polar surface area (TPSA) is 39.1 Å². The molecular formula is C13H16Cl2F3N3. The summed E-state index contributed by atoms with van der Waals surface area (Å²) in [5, 5.41) is 12.0. The molecule has 1 heterocycles. The van der Waals surface area contributed by atoms with E-state index in [4.69, 9.17) is 5.26 Å². The Hall–Kier alpha value is -1.00. The highest BCUT2D eigenvalue weighted by molar-refractivity contribution is 5.85. The summed E-state index contributed by atoms with van der Waals surface area (Å²) in [6, 6.07) is 2.83. The molecule has 1 aromatic rings. The molecule has 0 spiro atoms. The first-order chi connectivity index (χ1) is 9.15. The van der Waals surface area contributed by atoms with Crippen molar-refractivity contribution >= 4 is 24.8 Å². The Morgan fingerprint density at radius 1 is 1.14 bits per heavy atom. The summed E-state index contributed by atoms with van der Waals surface area (Å²) in [6.07, 6.45) is -0.0721. The molecule has 1 aliphatic heterocycles. The molecule has 0 aromatic heterocycles. The molecule has 0 aliphatic carbocycles. The van der Waals surface area contributed by atoms with Crippen LogP contribution in [0.2, 0.25) is 0 Å². The average Bonchev–Trinajstić information content (AvgIpc) is 2.43. The van der Waals surface area contributed by atoms with E-state index in [1.807, 2.05) is 6.07 Å². The van der Waals surface area contributed by atoms with E-state index in [1.165, 1.54) is 0 Å². The molecule has 1 aliphatic rings. The molecule has 3 nitrogen and oxygen atoms in total. The van der Waals surface area contributed by atoms with E-state index in [-0.39, 0.29) is 36.8 Å². The molecule has 1 fully saturated rings. The van der Waals surface area contributed by atoms with Crippen molar-refractivity contribution in [2.24, 2.45) is 0 Å². The highest BCUT2D eigenvalue weighted by atomic mass is 35.5. The first-order valence-corrected chi connectivity index (χ1v) is 6.10. The molecule has 1 saturated heterocycles.